The van der Waals surface area contributed by atoms with E-state index >= 15 is 0 Å². The molecule has 118 valence electrons. The normalized spacial score (nSPS) is 11.4. The van der Waals surface area contributed by atoms with Crippen LogP contribution in [0.2, 0.25) is 0 Å². The summed E-state index contributed by atoms with van der Waals surface area (Å²) in [7, 11) is 0. The van der Waals surface area contributed by atoms with Crippen molar-refractivity contribution in [1.82, 2.24) is 9.97 Å². The van der Waals surface area contributed by atoms with Crippen molar-refractivity contribution >= 4 is 38.1 Å². The molecule has 0 amide bonds. The number of carbonyl (C=O) groups is 1. The van der Waals surface area contributed by atoms with Crippen LogP contribution in [0.5, 0.6) is 0 Å². The second-order valence-corrected chi connectivity index (χ2v) is 6.75. The van der Waals surface area contributed by atoms with Crippen molar-refractivity contribution in [3.63, 3.8) is 0 Å². The van der Waals surface area contributed by atoms with Gasteiger partial charge in [0.1, 0.15) is 0 Å². The molecular weight excluding hydrogens is 410 g/mol. The molecule has 2 aromatic rings. The number of rotatable bonds is 3. The SMILES string of the molecule is Cc1c(Br)cncc1C=O.Cc1c(Br)cncc1CC(C)N. The molecule has 2 heterocycles. The summed E-state index contributed by atoms with van der Waals surface area (Å²) in [6.45, 7) is 5.94. The van der Waals surface area contributed by atoms with Gasteiger partial charge in [0.15, 0.2) is 6.29 Å². The molecule has 0 saturated heterocycles. The molecule has 2 rings (SSSR count). The zero-order chi connectivity index (χ0) is 16.7. The predicted molar refractivity (Wildman–Crippen MR) is 96.1 cm³/mol. The number of hydrogen-bond acceptors (Lipinski definition) is 4. The summed E-state index contributed by atoms with van der Waals surface area (Å²) >= 11 is 6.70. The van der Waals surface area contributed by atoms with Crippen LogP contribution < -0.4 is 5.73 Å². The molecular formula is C16H19Br2N3O. The van der Waals surface area contributed by atoms with Crippen molar-refractivity contribution in [3.8, 4) is 0 Å². The van der Waals surface area contributed by atoms with Crippen LogP contribution in [0.15, 0.2) is 33.7 Å². The summed E-state index contributed by atoms with van der Waals surface area (Å²) in [5.41, 5.74) is 9.73. The highest BCUT2D eigenvalue weighted by molar-refractivity contribution is 9.10. The van der Waals surface area contributed by atoms with Crippen molar-refractivity contribution < 1.29 is 4.79 Å². The number of nitrogens with zero attached hydrogens (tertiary/aromatic N) is 2. The molecule has 0 aliphatic heterocycles. The first-order valence-corrected chi connectivity index (χ1v) is 8.35. The lowest BCUT2D eigenvalue weighted by Gasteiger charge is -2.08. The molecule has 0 radical (unpaired) electrons. The van der Waals surface area contributed by atoms with Gasteiger partial charge in [-0.15, -0.1) is 0 Å². The van der Waals surface area contributed by atoms with Crippen LogP contribution in [0.1, 0.15) is 34.0 Å². The van der Waals surface area contributed by atoms with Gasteiger partial charge in [0.25, 0.3) is 0 Å². The number of nitrogens with two attached hydrogens (primary N) is 1. The minimum atomic E-state index is 0.194. The minimum absolute atomic E-state index is 0.194. The van der Waals surface area contributed by atoms with Gasteiger partial charge in [-0.25, -0.2) is 0 Å². The van der Waals surface area contributed by atoms with Crippen LogP contribution in [0.4, 0.5) is 0 Å². The van der Waals surface area contributed by atoms with Crippen molar-refractivity contribution in [2.45, 2.75) is 33.2 Å². The van der Waals surface area contributed by atoms with Crippen LogP contribution in [0, 0.1) is 13.8 Å². The maximum atomic E-state index is 10.3. The molecule has 0 bridgehead atoms. The molecule has 0 aromatic carbocycles. The van der Waals surface area contributed by atoms with Crippen molar-refractivity contribution in [3.05, 3.63) is 56.0 Å². The first kappa shape index (κ1) is 18.9. The summed E-state index contributed by atoms with van der Waals surface area (Å²) in [6, 6.07) is 0.194. The number of aldehydes is 1. The van der Waals surface area contributed by atoms with E-state index in [1.165, 1.54) is 11.1 Å². The average Bonchev–Trinajstić information content (AvgIpc) is 2.47. The first-order chi connectivity index (χ1) is 10.4. The Labute approximate surface area is 147 Å². The van der Waals surface area contributed by atoms with Gasteiger partial charge in [0.05, 0.1) is 0 Å². The molecule has 4 nitrogen and oxygen atoms in total. The van der Waals surface area contributed by atoms with Crippen LogP contribution in [0.3, 0.4) is 0 Å². The van der Waals surface area contributed by atoms with Crippen LogP contribution in [0.25, 0.3) is 0 Å². The maximum Gasteiger partial charge on any atom is 0.151 e. The highest BCUT2D eigenvalue weighted by Gasteiger charge is 2.04. The number of hydrogen-bond donors (Lipinski definition) is 1. The van der Waals surface area contributed by atoms with E-state index in [9.17, 15) is 4.79 Å². The standard InChI is InChI=1S/C9H13BrN2.C7H6BrNO/c1-6(11)3-8-4-12-5-9(10)7(8)2;1-5-6(4-10)2-9-3-7(5)8/h4-6H,3,11H2,1-2H3;2-4H,1H3. The van der Waals surface area contributed by atoms with Gasteiger partial charge in [-0.2, -0.15) is 0 Å². The van der Waals surface area contributed by atoms with Crippen LogP contribution >= 0.6 is 31.9 Å². The molecule has 1 atom stereocenters. The predicted octanol–water partition coefficient (Wildman–Crippen LogP) is 4.01. The molecule has 2 aromatic heterocycles. The third kappa shape index (κ3) is 5.59. The summed E-state index contributed by atoms with van der Waals surface area (Å²) in [5.74, 6) is 0. The van der Waals surface area contributed by atoms with E-state index in [1.807, 2.05) is 20.0 Å². The van der Waals surface area contributed by atoms with E-state index in [2.05, 4.69) is 48.8 Å². The van der Waals surface area contributed by atoms with E-state index in [0.717, 1.165) is 27.2 Å². The Morgan fingerprint density at radius 1 is 1.09 bits per heavy atom. The molecule has 0 aliphatic carbocycles. The Morgan fingerprint density at radius 2 is 1.64 bits per heavy atom. The lowest BCUT2D eigenvalue weighted by Crippen LogP contribution is -2.18. The third-order valence-electron chi connectivity index (χ3n) is 3.12. The summed E-state index contributed by atoms with van der Waals surface area (Å²) < 4.78 is 1.93. The molecule has 2 N–H and O–H groups in total. The zero-order valence-electron chi connectivity index (χ0n) is 12.8. The molecule has 1 unspecified atom stereocenters. The van der Waals surface area contributed by atoms with Gasteiger partial charge in [-0.05, 0) is 75.7 Å². The van der Waals surface area contributed by atoms with Gasteiger partial charge in [0, 0.05) is 45.3 Å². The van der Waals surface area contributed by atoms with Crippen LogP contribution in [-0.2, 0) is 6.42 Å². The molecule has 6 heteroatoms. The number of aromatic nitrogens is 2. The Balaban J connectivity index is 0.000000224. The van der Waals surface area contributed by atoms with E-state index in [0.29, 0.717) is 5.56 Å². The lowest BCUT2D eigenvalue weighted by atomic mass is 10.1. The third-order valence-corrected chi connectivity index (χ3v) is 4.72. The smallest absolute Gasteiger partial charge is 0.151 e. The van der Waals surface area contributed by atoms with Gasteiger partial charge in [0.2, 0.25) is 0 Å². The van der Waals surface area contributed by atoms with Gasteiger partial charge in [-0.1, -0.05) is 0 Å². The minimum Gasteiger partial charge on any atom is -0.328 e. The molecule has 0 spiro atoms. The number of halogens is 2. The Bertz CT molecular complexity index is 645. The Morgan fingerprint density at radius 3 is 2.14 bits per heavy atom. The van der Waals surface area contributed by atoms with Gasteiger partial charge >= 0.3 is 0 Å². The highest BCUT2D eigenvalue weighted by Crippen LogP contribution is 2.18. The summed E-state index contributed by atoms with van der Waals surface area (Å²) in [6.07, 6.45) is 8.59. The largest absolute Gasteiger partial charge is 0.328 e. The molecule has 0 fully saturated rings. The first-order valence-electron chi connectivity index (χ1n) is 6.76. The quantitative estimate of drug-likeness (QED) is 0.749. The Kier molecular flexibility index (Phi) is 7.85. The van der Waals surface area contributed by atoms with Crippen LogP contribution in [-0.4, -0.2) is 22.3 Å². The highest BCUT2D eigenvalue weighted by atomic mass is 79.9. The fraction of sp³-hybridized carbons (Fsp3) is 0.312. The van der Waals surface area contributed by atoms with E-state index in [1.54, 1.807) is 18.6 Å². The fourth-order valence-electron chi connectivity index (χ4n) is 1.73. The second-order valence-electron chi connectivity index (χ2n) is 5.04. The number of pyridine rings is 2. The monoisotopic (exact) mass is 427 g/mol. The summed E-state index contributed by atoms with van der Waals surface area (Å²) in [4.78, 5) is 18.3. The Hall–Kier alpha value is -1.11. The van der Waals surface area contributed by atoms with Gasteiger partial charge in [-0.3, -0.25) is 14.8 Å². The summed E-state index contributed by atoms with van der Waals surface area (Å²) in [5, 5.41) is 0. The molecule has 0 saturated carbocycles. The second kappa shape index (κ2) is 9.12. The average molecular weight is 429 g/mol. The van der Waals surface area contributed by atoms with E-state index in [-0.39, 0.29) is 6.04 Å². The molecule has 0 aliphatic rings. The van der Waals surface area contributed by atoms with Crippen molar-refractivity contribution in [1.29, 1.82) is 0 Å². The van der Waals surface area contributed by atoms with E-state index in [4.69, 9.17) is 5.73 Å². The zero-order valence-corrected chi connectivity index (χ0v) is 16.0. The maximum absolute atomic E-state index is 10.3. The number of carbonyl (C=O) groups excluding carboxylic acids is 1. The van der Waals surface area contributed by atoms with Crippen molar-refractivity contribution in [2.75, 3.05) is 0 Å². The van der Waals surface area contributed by atoms with Gasteiger partial charge < -0.3 is 5.73 Å². The topological polar surface area (TPSA) is 68.9 Å². The lowest BCUT2D eigenvalue weighted by molar-refractivity contribution is 0.112. The fourth-order valence-corrected chi connectivity index (χ4v) is 2.45. The van der Waals surface area contributed by atoms with Crippen molar-refractivity contribution in [2.24, 2.45) is 5.73 Å². The molecule has 22 heavy (non-hydrogen) atoms. The van der Waals surface area contributed by atoms with E-state index < -0.39 is 0 Å².